The lowest BCUT2D eigenvalue weighted by atomic mass is 10.1. The molecule has 0 radical (unpaired) electrons. The molecule has 2 atom stereocenters. The van der Waals surface area contributed by atoms with Crippen molar-refractivity contribution in [3.8, 4) is 0 Å². The number of benzene rings is 1. The third kappa shape index (κ3) is 5.31. The highest BCUT2D eigenvalue weighted by molar-refractivity contribution is 5.74. The maximum atomic E-state index is 12.0. The van der Waals surface area contributed by atoms with Crippen LogP contribution >= 0.6 is 0 Å². The Bertz CT molecular complexity index is 462. The average Bonchev–Trinajstić information content (AvgIpc) is 3.37. The van der Waals surface area contributed by atoms with E-state index in [1.54, 1.807) is 0 Å². The molecule has 0 aliphatic heterocycles. The first kappa shape index (κ1) is 16.8. The van der Waals surface area contributed by atoms with Gasteiger partial charge in [-0.25, -0.2) is 4.79 Å². The number of aliphatic hydroxyl groups is 1. The molecule has 1 aromatic rings. The second kappa shape index (κ2) is 8.15. The minimum Gasteiger partial charge on any atom is -0.394 e. The van der Waals surface area contributed by atoms with Crippen LogP contribution in [0.3, 0.4) is 0 Å². The van der Waals surface area contributed by atoms with Crippen molar-refractivity contribution in [1.29, 1.82) is 0 Å². The molecular formula is C17H27N3O2. The van der Waals surface area contributed by atoms with E-state index in [4.69, 9.17) is 0 Å². The van der Waals surface area contributed by atoms with Crippen molar-refractivity contribution in [1.82, 2.24) is 15.5 Å². The number of rotatable bonds is 8. The van der Waals surface area contributed by atoms with Crippen molar-refractivity contribution in [2.24, 2.45) is 0 Å². The van der Waals surface area contributed by atoms with Crippen LogP contribution in [0.1, 0.15) is 25.3 Å². The summed E-state index contributed by atoms with van der Waals surface area (Å²) in [5, 5.41) is 15.2. The van der Waals surface area contributed by atoms with Gasteiger partial charge in [0, 0.05) is 18.6 Å². The van der Waals surface area contributed by atoms with Crippen molar-refractivity contribution >= 4 is 6.03 Å². The van der Waals surface area contributed by atoms with Crippen molar-refractivity contribution < 1.29 is 9.90 Å². The molecule has 2 amide bonds. The minimum absolute atomic E-state index is 0.0696. The number of carbonyl (C=O) groups is 1. The number of nitrogens with zero attached hydrogens (tertiary/aromatic N) is 1. The highest BCUT2D eigenvalue weighted by atomic mass is 16.3. The van der Waals surface area contributed by atoms with Crippen LogP contribution in [0.2, 0.25) is 0 Å². The smallest absolute Gasteiger partial charge is 0.315 e. The molecule has 0 aromatic heterocycles. The molecule has 1 aromatic carbocycles. The molecule has 122 valence electrons. The van der Waals surface area contributed by atoms with Crippen LogP contribution in [-0.2, 0) is 6.42 Å². The normalized spacial score (nSPS) is 17.1. The molecule has 0 spiro atoms. The zero-order valence-electron chi connectivity index (χ0n) is 13.5. The lowest BCUT2D eigenvalue weighted by Gasteiger charge is -2.25. The Labute approximate surface area is 132 Å². The van der Waals surface area contributed by atoms with Gasteiger partial charge in [-0.05, 0) is 38.8 Å². The van der Waals surface area contributed by atoms with Gasteiger partial charge in [-0.15, -0.1) is 0 Å². The largest absolute Gasteiger partial charge is 0.394 e. The SMILES string of the molecule is CC(CNC(=O)NC(CO)Cc1ccccc1)N(C)C1CC1. The van der Waals surface area contributed by atoms with Gasteiger partial charge < -0.3 is 15.7 Å². The number of hydrogen-bond acceptors (Lipinski definition) is 3. The Morgan fingerprint density at radius 3 is 2.64 bits per heavy atom. The summed E-state index contributed by atoms with van der Waals surface area (Å²) < 4.78 is 0. The van der Waals surface area contributed by atoms with Gasteiger partial charge in [0.1, 0.15) is 0 Å². The maximum Gasteiger partial charge on any atom is 0.315 e. The van der Waals surface area contributed by atoms with E-state index in [0.717, 1.165) is 5.56 Å². The van der Waals surface area contributed by atoms with Crippen LogP contribution in [-0.4, -0.2) is 54.4 Å². The number of hydrogen-bond donors (Lipinski definition) is 3. The summed E-state index contributed by atoms with van der Waals surface area (Å²) >= 11 is 0. The van der Waals surface area contributed by atoms with E-state index in [9.17, 15) is 9.90 Å². The van der Waals surface area contributed by atoms with Crippen LogP contribution in [0.15, 0.2) is 30.3 Å². The summed E-state index contributed by atoms with van der Waals surface area (Å²) in [5.41, 5.74) is 1.10. The molecule has 0 heterocycles. The maximum absolute atomic E-state index is 12.0. The predicted molar refractivity (Wildman–Crippen MR) is 87.8 cm³/mol. The molecule has 2 unspecified atom stereocenters. The molecular weight excluding hydrogens is 278 g/mol. The van der Waals surface area contributed by atoms with E-state index in [1.807, 2.05) is 30.3 Å². The Hall–Kier alpha value is -1.59. The summed E-state index contributed by atoms with van der Waals surface area (Å²) in [7, 11) is 2.11. The summed E-state index contributed by atoms with van der Waals surface area (Å²) in [4.78, 5) is 14.3. The second-order valence-electron chi connectivity index (χ2n) is 6.17. The Kier molecular flexibility index (Phi) is 6.21. The van der Waals surface area contributed by atoms with Crippen molar-refractivity contribution in [3.63, 3.8) is 0 Å². The molecule has 1 saturated carbocycles. The third-order valence-corrected chi connectivity index (χ3v) is 4.26. The monoisotopic (exact) mass is 305 g/mol. The number of amides is 2. The van der Waals surface area contributed by atoms with Crippen molar-refractivity contribution in [2.75, 3.05) is 20.2 Å². The molecule has 22 heavy (non-hydrogen) atoms. The van der Waals surface area contributed by atoms with Gasteiger partial charge in [-0.2, -0.15) is 0 Å². The van der Waals surface area contributed by atoms with Crippen molar-refractivity contribution in [3.05, 3.63) is 35.9 Å². The van der Waals surface area contributed by atoms with Gasteiger partial charge in [0.2, 0.25) is 0 Å². The van der Waals surface area contributed by atoms with E-state index in [1.165, 1.54) is 12.8 Å². The van der Waals surface area contributed by atoms with Gasteiger partial charge >= 0.3 is 6.03 Å². The lowest BCUT2D eigenvalue weighted by Crippen LogP contribution is -2.48. The average molecular weight is 305 g/mol. The van der Waals surface area contributed by atoms with Gasteiger partial charge in [0.05, 0.1) is 12.6 Å². The molecule has 1 fully saturated rings. The molecule has 5 heteroatoms. The second-order valence-corrected chi connectivity index (χ2v) is 6.17. The van der Waals surface area contributed by atoms with E-state index < -0.39 is 0 Å². The molecule has 1 aliphatic carbocycles. The third-order valence-electron chi connectivity index (χ3n) is 4.26. The van der Waals surface area contributed by atoms with E-state index in [2.05, 4.69) is 29.5 Å². The fourth-order valence-corrected chi connectivity index (χ4v) is 2.52. The molecule has 2 rings (SSSR count). The van der Waals surface area contributed by atoms with Crippen LogP contribution in [0.25, 0.3) is 0 Å². The molecule has 3 N–H and O–H groups in total. The summed E-state index contributed by atoms with van der Waals surface area (Å²) in [6, 6.07) is 10.4. The van der Waals surface area contributed by atoms with E-state index in [-0.39, 0.29) is 18.7 Å². The van der Waals surface area contributed by atoms with Gasteiger partial charge in [0.15, 0.2) is 0 Å². The highest BCUT2D eigenvalue weighted by Crippen LogP contribution is 2.26. The van der Waals surface area contributed by atoms with Gasteiger partial charge in [-0.1, -0.05) is 30.3 Å². The van der Waals surface area contributed by atoms with Crippen molar-refractivity contribution in [2.45, 2.75) is 44.3 Å². The highest BCUT2D eigenvalue weighted by Gasteiger charge is 2.29. The fraction of sp³-hybridized carbons (Fsp3) is 0.588. The number of aliphatic hydroxyl groups excluding tert-OH is 1. The van der Waals surface area contributed by atoms with Crippen LogP contribution in [0.4, 0.5) is 4.79 Å². The standard InChI is InChI=1S/C17H27N3O2/c1-13(20(2)16-8-9-16)11-18-17(22)19-15(12-21)10-14-6-4-3-5-7-14/h3-7,13,15-16,21H,8-12H2,1-2H3,(H2,18,19,22). The fourth-order valence-electron chi connectivity index (χ4n) is 2.52. The first-order valence-electron chi connectivity index (χ1n) is 8.01. The molecule has 5 nitrogen and oxygen atoms in total. The molecule has 1 aliphatic rings. The zero-order valence-corrected chi connectivity index (χ0v) is 13.5. The Balaban J connectivity index is 1.72. The lowest BCUT2D eigenvalue weighted by molar-refractivity contribution is 0.207. The summed E-state index contributed by atoms with van der Waals surface area (Å²) in [6.07, 6.45) is 3.15. The van der Waals surface area contributed by atoms with E-state index in [0.29, 0.717) is 25.0 Å². The van der Waals surface area contributed by atoms with E-state index >= 15 is 0 Å². The first-order valence-corrected chi connectivity index (χ1v) is 8.01. The Morgan fingerprint density at radius 2 is 2.05 bits per heavy atom. The molecule has 0 bridgehead atoms. The number of likely N-dealkylation sites (N-methyl/N-ethyl adjacent to an activating group) is 1. The van der Waals surface area contributed by atoms with Crippen LogP contribution in [0.5, 0.6) is 0 Å². The number of nitrogens with one attached hydrogen (secondary N) is 2. The summed E-state index contributed by atoms with van der Waals surface area (Å²) in [6.45, 7) is 2.66. The van der Waals surface area contributed by atoms with Gasteiger partial charge in [-0.3, -0.25) is 4.90 Å². The number of carbonyl (C=O) groups excluding carboxylic acids is 1. The predicted octanol–water partition coefficient (Wildman–Crippen LogP) is 1.37. The quantitative estimate of drug-likeness (QED) is 0.680. The minimum atomic E-state index is -0.265. The zero-order chi connectivity index (χ0) is 15.9. The Morgan fingerprint density at radius 1 is 1.36 bits per heavy atom. The van der Waals surface area contributed by atoms with Crippen LogP contribution in [0, 0.1) is 0 Å². The number of urea groups is 1. The van der Waals surface area contributed by atoms with Gasteiger partial charge in [0.25, 0.3) is 0 Å². The summed E-state index contributed by atoms with van der Waals surface area (Å²) in [5.74, 6) is 0. The topological polar surface area (TPSA) is 64.6 Å². The van der Waals surface area contributed by atoms with Crippen LogP contribution < -0.4 is 10.6 Å². The molecule has 0 saturated heterocycles. The first-order chi connectivity index (χ1) is 10.6.